The fourth-order valence-electron chi connectivity index (χ4n) is 2.97. The van der Waals surface area contributed by atoms with Crippen LogP contribution in [-0.2, 0) is 6.61 Å². The Morgan fingerprint density at radius 3 is 2.57 bits per heavy atom. The molecule has 1 aromatic heterocycles. The van der Waals surface area contributed by atoms with Crippen molar-refractivity contribution in [3.05, 3.63) is 71.1 Å². The summed E-state index contributed by atoms with van der Waals surface area (Å²) in [7, 11) is 1.55. The molecule has 2 aromatic carbocycles. The van der Waals surface area contributed by atoms with E-state index in [1.54, 1.807) is 25.3 Å². The van der Waals surface area contributed by atoms with Gasteiger partial charge in [-0.15, -0.1) is 0 Å². The summed E-state index contributed by atoms with van der Waals surface area (Å²) in [4.78, 5) is 12.4. The zero-order valence-electron chi connectivity index (χ0n) is 17.5. The Morgan fingerprint density at radius 2 is 1.87 bits per heavy atom. The van der Waals surface area contributed by atoms with E-state index in [0.29, 0.717) is 30.2 Å². The van der Waals surface area contributed by atoms with Gasteiger partial charge in [0, 0.05) is 24.3 Å². The quantitative estimate of drug-likeness (QED) is 0.490. The number of carbonyl (C=O) groups excluding carboxylic acids is 1. The highest BCUT2D eigenvalue weighted by molar-refractivity contribution is 5.94. The number of benzene rings is 2. The summed E-state index contributed by atoms with van der Waals surface area (Å²) >= 11 is 0. The van der Waals surface area contributed by atoms with Gasteiger partial charge < -0.3 is 24.6 Å². The molecule has 0 spiro atoms. The molecular formula is C23H27N3O4. The molecule has 7 nitrogen and oxygen atoms in total. The smallest absolute Gasteiger partial charge is 0.251 e. The van der Waals surface area contributed by atoms with Crippen molar-refractivity contribution >= 4 is 11.6 Å². The van der Waals surface area contributed by atoms with Gasteiger partial charge in [-0.25, -0.2) is 0 Å². The fourth-order valence-corrected chi connectivity index (χ4v) is 2.97. The van der Waals surface area contributed by atoms with Crippen molar-refractivity contribution in [1.29, 1.82) is 0 Å². The average molecular weight is 409 g/mol. The lowest BCUT2D eigenvalue weighted by atomic mass is 10.2. The maximum atomic E-state index is 12.4. The number of amides is 1. The lowest BCUT2D eigenvalue weighted by Gasteiger charge is -2.12. The van der Waals surface area contributed by atoms with E-state index in [1.165, 1.54) is 0 Å². The Bertz CT molecular complexity index is 950. The summed E-state index contributed by atoms with van der Waals surface area (Å²) in [6.45, 7) is 5.39. The second-order valence-electron chi connectivity index (χ2n) is 6.86. The Morgan fingerprint density at radius 1 is 1.07 bits per heavy atom. The molecule has 0 fully saturated rings. The van der Waals surface area contributed by atoms with Crippen molar-refractivity contribution in [1.82, 2.24) is 10.5 Å². The van der Waals surface area contributed by atoms with Gasteiger partial charge in [-0.05, 0) is 50.6 Å². The van der Waals surface area contributed by atoms with Crippen molar-refractivity contribution in [3.8, 4) is 11.5 Å². The number of aryl methyl sites for hydroxylation is 2. The maximum absolute atomic E-state index is 12.4. The van der Waals surface area contributed by atoms with Gasteiger partial charge in [0.05, 0.1) is 18.4 Å². The number of hydrogen-bond acceptors (Lipinski definition) is 6. The first kappa shape index (κ1) is 21.2. The van der Waals surface area contributed by atoms with Crippen molar-refractivity contribution in [3.63, 3.8) is 0 Å². The SMILES string of the molecule is COc1cc(C(=O)NCCCNc2ccccc2)ccc1OCc1c(C)noc1C. The summed E-state index contributed by atoms with van der Waals surface area (Å²) in [5.41, 5.74) is 3.29. The van der Waals surface area contributed by atoms with Crippen LogP contribution < -0.4 is 20.1 Å². The number of para-hydroxylation sites is 1. The number of rotatable bonds is 10. The zero-order chi connectivity index (χ0) is 21.3. The van der Waals surface area contributed by atoms with Gasteiger partial charge in [-0.3, -0.25) is 4.79 Å². The summed E-state index contributed by atoms with van der Waals surface area (Å²) in [6.07, 6.45) is 0.816. The van der Waals surface area contributed by atoms with E-state index in [0.717, 1.165) is 35.7 Å². The molecule has 0 aliphatic rings. The Kier molecular flexibility index (Phi) is 7.32. The Labute approximate surface area is 176 Å². The largest absolute Gasteiger partial charge is 0.493 e. The van der Waals surface area contributed by atoms with Crippen molar-refractivity contribution in [2.45, 2.75) is 26.9 Å². The molecule has 0 aliphatic carbocycles. The van der Waals surface area contributed by atoms with Crippen LogP contribution in [0.25, 0.3) is 0 Å². The molecule has 1 heterocycles. The number of methoxy groups -OCH3 is 1. The number of carbonyl (C=O) groups is 1. The van der Waals surface area contributed by atoms with Crippen molar-refractivity contribution in [2.75, 3.05) is 25.5 Å². The van der Waals surface area contributed by atoms with Gasteiger partial charge >= 0.3 is 0 Å². The minimum Gasteiger partial charge on any atom is -0.493 e. The molecule has 0 radical (unpaired) electrons. The molecule has 3 rings (SSSR count). The molecule has 0 aliphatic heterocycles. The predicted octanol–water partition coefficient (Wildman–Crippen LogP) is 4.11. The van der Waals surface area contributed by atoms with E-state index >= 15 is 0 Å². The molecule has 0 bridgehead atoms. The summed E-state index contributed by atoms with van der Waals surface area (Å²) in [5, 5.41) is 10.2. The summed E-state index contributed by atoms with van der Waals surface area (Å²) in [5.74, 6) is 1.63. The number of hydrogen-bond donors (Lipinski definition) is 2. The van der Waals surface area contributed by atoms with Crippen molar-refractivity contribution < 1.29 is 18.8 Å². The van der Waals surface area contributed by atoms with Crippen LogP contribution in [0.1, 0.15) is 33.8 Å². The van der Waals surface area contributed by atoms with E-state index in [2.05, 4.69) is 15.8 Å². The van der Waals surface area contributed by atoms with Crippen LogP contribution in [-0.4, -0.2) is 31.3 Å². The second kappa shape index (κ2) is 10.3. The van der Waals surface area contributed by atoms with Crippen LogP contribution in [0.5, 0.6) is 11.5 Å². The van der Waals surface area contributed by atoms with Gasteiger partial charge in [0.1, 0.15) is 12.4 Å². The molecule has 2 N–H and O–H groups in total. The molecule has 0 saturated carbocycles. The number of nitrogens with one attached hydrogen (secondary N) is 2. The normalized spacial score (nSPS) is 10.5. The number of anilines is 1. The third-order valence-electron chi connectivity index (χ3n) is 4.72. The second-order valence-corrected chi connectivity index (χ2v) is 6.86. The number of nitrogens with zero attached hydrogens (tertiary/aromatic N) is 1. The van der Waals surface area contributed by atoms with Crippen LogP contribution in [0.15, 0.2) is 53.1 Å². The molecule has 30 heavy (non-hydrogen) atoms. The Hall–Kier alpha value is -3.48. The molecule has 3 aromatic rings. The monoisotopic (exact) mass is 409 g/mol. The molecule has 0 saturated heterocycles. The van der Waals surface area contributed by atoms with E-state index in [-0.39, 0.29) is 5.91 Å². The van der Waals surface area contributed by atoms with Crippen molar-refractivity contribution in [2.24, 2.45) is 0 Å². The first-order valence-corrected chi connectivity index (χ1v) is 9.88. The van der Waals surface area contributed by atoms with Gasteiger partial charge in [0.2, 0.25) is 0 Å². The van der Waals surface area contributed by atoms with Crippen LogP contribution in [0.3, 0.4) is 0 Å². The van der Waals surface area contributed by atoms with Crippen LogP contribution in [0.4, 0.5) is 5.69 Å². The Balaban J connectivity index is 1.50. The predicted molar refractivity (Wildman–Crippen MR) is 115 cm³/mol. The molecule has 0 atom stereocenters. The molecule has 1 amide bonds. The number of ether oxygens (including phenoxy) is 2. The van der Waals surface area contributed by atoms with Crippen LogP contribution in [0, 0.1) is 13.8 Å². The topological polar surface area (TPSA) is 85.6 Å². The minimum absolute atomic E-state index is 0.148. The van der Waals surface area contributed by atoms with Gasteiger partial charge in [0.25, 0.3) is 5.91 Å². The van der Waals surface area contributed by atoms with E-state index in [4.69, 9.17) is 14.0 Å². The molecular weight excluding hydrogens is 382 g/mol. The zero-order valence-corrected chi connectivity index (χ0v) is 17.5. The third-order valence-corrected chi connectivity index (χ3v) is 4.72. The highest BCUT2D eigenvalue weighted by Crippen LogP contribution is 2.29. The lowest BCUT2D eigenvalue weighted by Crippen LogP contribution is -2.25. The van der Waals surface area contributed by atoms with E-state index < -0.39 is 0 Å². The van der Waals surface area contributed by atoms with Gasteiger partial charge in [-0.2, -0.15) is 0 Å². The summed E-state index contributed by atoms with van der Waals surface area (Å²) < 4.78 is 16.4. The first-order chi connectivity index (χ1) is 14.6. The van der Waals surface area contributed by atoms with E-state index in [9.17, 15) is 4.79 Å². The first-order valence-electron chi connectivity index (χ1n) is 9.88. The minimum atomic E-state index is -0.148. The number of aromatic nitrogens is 1. The lowest BCUT2D eigenvalue weighted by molar-refractivity contribution is 0.0953. The molecule has 158 valence electrons. The molecule has 0 unspecified atom stereocenters. The fraction of sp³-hybridized carbons (Fsp3) is 0.304. The van der Waals surface area contributed by atoms with Gasteiger partial charge in [0.15, 0.2) is 11.5 Å². The standard InChI is InChI=1S/C23H27N3O4/c1-16-20(17(2)30-26-16)15-29-21-11-10-18(14-22(21)28-3)23(27)25-13-7-12-24-19-8-5-4-6-9-19/h4-6,8-11,14,24H,7,12-13,15H2,1-3H3,(H,25,27). The third kappa shape index (κ3) is 5.53. The average Bonchev–Trinajstić information content (AvgIpc) is 3.09. The van der Waals surface area contributed by atoms with Crippen LogP contribution in [0.2, 0.25) is 0 Å². The highest BCUT2D eigenvalue weighted by atomic mass is 16.5. The highest BCUT2D eigenvalue weighted by Gasteiger charge is 2.14. The van der Waals surface area contributed by atoms with Crippen LogP contribution >= 0.6 is 0 Å². The van der Waals surface area contributed by atoms with E-state index in [1.807, 2.05) is 44.2 Å². The molecule has 7 heteroatoms. The summed E-state index contributed by atoms with van der Waals surface area (Å²) in [6, 6.07) is 15.1. The maximum Gasteiger partial charge on any atom is 0.251 e. The van der Waals surface area contributed by atoms with Gasteiger partial charge in [-0.1, -0.05) is 23.4 Å².